The molecule has 4 N–H and O–H groups in total. The number of aliphatic imine (C=N–C) groups is 2. The van der Waals surface area contributed by atoms with Gasteiger partial charge in [0, 0.05) is 61.4 Å². The van der Waals surface area contributed by atoms with Crippen molar-refractivity contribution in [2.24, 2.45) is 21.5 Å². The third-order valence-electron chi connectivity index (χ3n) is 6.78. The van der Waals surface area contributed by atoms with E-state index < -0.39 is 0 Å². The highest BCUT2D eigenvalue weighted by Gasteiger charge is 2.21. The lowest BCUT2D eigenvalue weighted by molar-refractivity contribution is -0.127. The fraction of sp³-hybridized carbons (Fsp3) is 0.323. The molecule has 0 unspecified atom stereocenters. The van der Waals surface area contributed by atoms with Gasteiger partial charge in [0.2, 0.25) is 5.91 Å². The Morgan fingerprint density at radius 2 is 1.85 bits per heavy atom. The molecule has 2 heterocycles. The van der Waals surface area contributed by atoms with Gasteiger partial charge in [-0.1, -0.05) is 32.0 Å². The molecule has 1 aromatic heterocycles. The molecule has 0 bridgehead atoms. The third kappa shape index (κ3) is 6.54. The molecule has 0 radical (unpaired) electrons. The highest BCUT2D eigenvalue weighted by molar-refractivity contribution is 6.05. The number of amides is 1. The Labute approximate surface area is 234 Å². The largest absolute Gasteiger partial charge is 0.402 e. The molecule has 1 aliphatic rings. The zero-order valence-corrected chi connectivity index (χ0v) is 23.4. The van der Waals surface area contributed by atoms with Crippen molar-refractivity contribution < 1.29 is 4.79 Å². The number of carbonyl (C=O) groups is 1. The second kappa shape index (κ2) is 13.0. The lowest BCUT2D eigenvalue weighted by Crippen LogP contribution is -2.34. The summed E-state index contributed by atoms with van der Waals surface area (Å²) in [6.45, 7) is 5.96. The molecule has 0 aliphatic carbocycles. The highest BCUT2D eigenvalue weighted by Crippen LogP contribution is 2.33. The average Bonchev–Trinajstić information content (AvgIpc) is 3.12. The summed E-state index contributed by atoms with van der Waals surface area (Å²) >= 11 is 0. The number of hydrogen-bond acceptors (Lipinski definition) is 7. The van der Waals surface area contributed by atoms with Crippen LogP contribution in [0, 0.1) is 0 Å². The predicted molar refractivity (Wildman–Crippen MR) is 164 cm³/mol. The minimum atomic E-state index is -0.164. The summed E-state index contributed by atoms with van der Waals surface area (Å²) in [6.07, 6.45) is 9.57. The van der Waals surface area contributed by atoms with Crippen molar-refractivity contribution in [2.45, 2.75) is 46.1 Å². The zero-order valence-electron chi connectivity index (χ0n) is 23.4. The molecule has 2 aromatic carbocycles. The lowest BCUT2D eigenvalue weighted by atomic mass is 9.99. The molecule has 40 heavy (non-hydrogen) atoms. The Morgan fingerprint density at radius 1 is 1.12 bits per heavy atom. The first-order valence-electron chi connectivity index (χ1n) is 13.7. The maximum absolute atomic E-state index is 13.3. The highest BCUT2D eigenvalue weighted by atomic mass is 16.2. The number of fused-ring (bicyclic) bond motifs is 2. The van der Waals surface area contributed by atoms with Crippen LogP contribution in [0.2, 0.25) is 0 Å². The van der Waals surface area contributed by atoms with Crippen molar-refractivity contribution in [2.75, 3.05) is 20.1 Å². The van der Waals surface area contributed by atoms with Crippen LogP contribution >= 0.6 is 0 Å². The van der Waals surface area contributed by atoms with Crippen LogP contribution in [0.3, 0.4) is 0 Å². The van der Waals surface area contributed by atoms with Crippen molar-refractivity contribution in [1.82, 2.24) is 14.7 Å². The van der Waals surface area contributed by atoms with E-state index in [9.17, 15) is 9.59 Å². The summed E-state index contributed by atoms with van der Waals surface area (Å²) in [4.78, 5) is 36.7. The Hall–Kier alpha value is -4.53. The molecule has 4 rings (SSSR count). The van der Waals surface area contributed by atoms with Gasteiger partial charge in [-0.05, 0) is 54.3 Å². The molecule has 0 saturated heterocycles. The Morgan fingerprint density at radius 3 is 2.58 bits per heavy atom. The van der Waals surface area contributed by atoms with Crippen LogP contribution in [0.5, 0.6) is 0 Å². The van der Waals surface area contributed by atoms with E-state index in [1.807, 2.05) is 47.4 Å². The van der Waals surface area contributed by atoms with Crippen molar-refractivity contribution >= 4 is 40.5 Å². The second-order valence-electron chi connectivity index (χ2n) is 9.89. The number of aromatic nitrogens is 2. The molecule has 0 fully saturated rings. The van der Waals surface area contributed by atoms with Crippen molar-refractivity contribution in [3.8, 4) is 11.1 Å². The summed E-state index contributed by atoms with van der Waals surface area (Å²) in [5.41, 5.74) is 16.8. The number of carbonyl (C=O) groups excluding carboxylic acids is 1. The van der Waals surface area contributed by atoms with Crippen LogP contribution in [0.15, 0.2) is 74.7 Å². The second-order valence-corrected chi connectivity index (χ2v) is 9.89. The monoisotopic (exact) mass is 539 g/mol. The molecular formula is C31H37N7O2. The molecule has 9 nitrogen and oxygen atoms in total. The molecule has 1 amide bonds. The van der Waals surface area contributed by atoms with E-state index in [4.69, 9.17) is 11.5 Å². The van der Waals surface area contributed by atoms with Crippen LogP contribution in [-0.4, -0.2) is 52.8 Å². The van der Waals surface area contributed by atoms with Crippen molar-refractivity contribution in [1.29, 1.82) is 0 Å². The Kier molecular flexibility index (Phi) is 9.27. The van der Waals surface area contributed by atoms with Crippen LogP contribution in [-0.2, 0) is 11.3 Å². The fourth-order valence-corrected chi connectivity index (χ4v) is 4.78. The van der Waals surface area contributed by atoms with E-state index in [1.165, 1.54) is 4.68 Å². The van der Waals surface area contributed by atoms with Gasteiger partial charge < -0.3 is 16.4 Å². The van der Waals surface area contributed by atoms with Gasteiger partial charge in [-0.2, -0.15) is 5.10 Å². The van der Waals surface area contributed by atoms with Gasteiger partial charge in [-0.15, -0.1) is 0 Å². The number of benzene rings is 2. The molecule has 1 aliphatic heterocycles. The van der Waals surface area contributed by atoms with Gasteiger partial charge in [0.25, 0.3) is 5.56 Å². The van der Waals surface area contributed by atoms with Gasteiger partial charge in [0.1, 0.15) is 5.84 Å². The van der Waals surface area contributed by atoms with E-state index in [0.29, 0.717) is 60.7 Å². The normalized spacial score (nSPS) is 13.6. The first kappa shape index (κ1) is 28.5. The average molecular weight is 540 g/mol. The lowest BCUT2D eigenvalue weighted by Gasteiger charge is -2.22. The summed E-state index contributed by atoms with van der Waals surface area (Å²) < 4.78 is 1.43. The van der Waals surface area contributed by atoms with Crippen LogP contribution in [0.25, 0.3) is 28.0 Å². The van der Waals surface area contributed by atoms with Crippen LogP contribution in [0.4, 0.5) is 5.69 Å². The van der Waals surface area contributed by atoms with Gasteiger partial charge in [-0.3, -0.25) is 14.6 Å². The van der Waals surface area contributed by atoms with E-state index in [-0.39, 0.29) is 11.5 Å². The maximum Gasteiger partial charge on any atom is 0.274 e. The van der Waals surface area contributed by atoms with E-state index in [2.05, 4.69) is 28.9 Å². The number of allylic oxidation sites excluding steroid dienone is 2. The van der Waals surface area contributed by atoms with E-state index in [0.717, 1.165) is 34.9 Å². The SMILES string of the molecule is CCCN(CCC)C(=O)C1=Cc2ccc(-c3ccc4c(=O)n(CCC(N)=CC=NC)ncc4c3)cc2N=C(N)C1. The first-order chi connectivity index (χ1) is 19.3. The minimum absolute atomic E-state index is 0.0139. The van der Waals surface area contributed by atoms with Gasteiger partial charge in [0.05, 0.1) is 23.8 Å². The third-order valence-corrected chi connectivity index (χ3v) is 6.78. The predicted octanol–water partition coefficient (Wildman–Crippen LogP) is 4.42. The Balaban J connectivity index is 1.62. The maximum atomic E-state index is 13.3. The number of hydrogen-bond donors (Lipinski definition) is 2. The molecule has 0 saturated carbocycles. The molecule has 9 heteroatoms. The number of nitrogens with zero attached hydrogens (tertiary/aromatic N) is 5. The number of amidine groups is 1. The van der Waals surface area contributed by atoms with E-state index >= 15 is 0 Å². The summed E-state index contributed by atoms with van der Waals surface area (Å²) in [5.74, 6) is 0.421. The van der Waals surface area contributed by atoms with Gasteiger partial charge >= 0.3 is 0 Å². The summed E-state index contributed by atoms with van der Waals surface area (Å²) in [7, 11) is 1.67. The van der Waals surface area contributed by atoms with Gasteiger partial charge in [0.15, 0.2) is 0 Å². The molecule has 208 valence electrons. The molecule has 0 spiro atoms. The van der Waals surface area contributed by atoms with Crippen molar-refractivity contribution in [3.05, 3.63) is 75.9 Å². The van der Waals surface area contributed by atoms with Crippen LogP contribution < -0.4 is 17.0 Å². The van der Waals surface area contributed by atoms with Gasteiger partial charge in [-0.25, -0.2) is 9.67 Å². The van der Waals surface area contributed by atoms with E-state index in [1.54, 1.807) is 25.5 Å². The summed E-state index contributed by atoms with van der Waals surface area (Å²) in [5, 5.41) is 5.69. The standard InChI is InChI=1S/C31H37N7O2/c1-4-13-37(14-5-2)30(39)24-17-23-7-6-22(18-28(23)36-29(33)19-24)21-8-9-27-25(16-21)20-35-38(31(27)40)15-11-26(32)10-12-34-3/h6-10,12,16-18,20H,4-5,11,13-15,19,32H2,1-3H3,(H2,33,36). The molecule has 0 atom stereocenters. The fourth-order valence-electron chi connectivity index (χ4n) is 4.78. The topological polar surface area (TPSA) is 132 Å². The minimum Gasteiger partial charge on any atom is -0.402 e. The smallest absolute Gasteiger partial charge is 0.274 e. The number of nitrogens with two attached hydrogens (primary N) is 2. The number of rotatable bonds is 10. The Bertz CT molecular complexity index is 1570. The van der Waals surface area contributed by atoms with Crippen molar-refractivity contribution in [3.63, 3.8) is 0 Å². The molecular weight excluding hydrogens is 502 g/mol. The first-order valence-corrected chi connectivity index (χ1v) is 13.7. The quantitative estimate of drug-likeness (QED) is 0.368. The number of aryl methyl sites for hydroxylation is 1. The molecule has 3 aromatic rings. The zero-order chi connectivity index (χ0) is 28.6. The van der Waals surface area contributed by atoms with Crippen LogP contribution in [0.1, 0.15) is 45.1 Å². The summed E-state index contributed by atoms with van der Waals surface area (Å²) in [6, 6.07) is 11.6.